The van der Waals surface area contributed by atoms with Crippen LogP contribution in [0.3, 0.4) is 0 Å². The normalized spacial score (nSPS) is 20.3. The van der Waals surface area contributed by atoms with Crippen LogP contribution in [0.2, 0.25) is 0 Å². The van der Waals surface area contributed by atoms with E-state index in [1.165, 1.54) is 19.8 Å². The van der Waals surface area contributed by atoms with Crippen LogP contribution in [0.4, 0.5) is 0 Å². The van der Waals surface area contributed by atoms with Gasteiger partial charge in [0.15, 0.2) is 11.5 Å². The van der Waals surface area contributed by atoms with E-state index in [1.807, 2.05) is 12.3 Å². The third kappa shape index (κ3) is 4.07. The lowest BCUT2D eigenvalue weighted by Gasteiger charge is -2.36. The van der Waals surface area contributed by atoms with Crippen LogP contribution in [0.15, 0.2) is 46.1 Å². The quantitative estimate of drug-likeness (QED) is 0.458. The molecule has 2 heterocycles. The Hall–Kier alpha value is -2.76. The van der Waals surface area contributed by atoms with Gasteiger partial charge < -0.3 is 13.9 Å². The van der Waals surface area contributed by atoms with Crippen LogP contribution in [0, 0.1) is 0 Å². The first kappa shape index (κ1) is 18.0. The molecule has 1 fully saturated rings. The highest BCUT2D eigenvalue weighted by Crippen LogP contribution is 2.29. The molecule has 0 spiro atoms. The zero-order valence-corrected chi connectivity index (χ0v) is 15.3. The van der Waals surface area contributed by atoms with E-state index >= 15 is 0 Å². The predicted molar refractivity (Wildman–Crippen MR) is 98.9 cm³/mol. The van der Waals surface area contributed by atoms with E-state index in [2.05, 4.69) is 24.0 Å². The van der Waals surface area contributed by atoms with Crippen molar-refractivity contribution in [3.05, 3.63) is 47.9 Å². The Labute approximate surface area is 153 Å². The fourth-order valence-electron chi connectivity index (χ4n) is 3.16. The minimum atomic E-state index is -0.564. The lowest BCUT2D eigenvalue weighted by atomic mass is 10.00. The Balaban J connectivity index is 1.74. The second-order valence-electron chi connectivity index (χ2n) is 6.53. The molecule has 6 heteroatoms. The van der Waals surface area contributed by atoms with Gasteiger partial charge in [0.25, 0.3) is 0 Å². The second-order valence-corrected chi connectivity index (χ2v) is 6.53. The molecule has 1 aliphatic heterocycles. The Bertz CT molecular complexity index is 760. The Morgan fingerprint density at radius 1 is 1.23 bits per heavy atom. The first-order valence-corrected chi connectivity index (χ1v) is 8.84. The van der Waals surface area contributed by atoms with E-state index in [9.17, 15) is 4.79 Å². The topological polar surface area (TPSA) is 64.3 Å². The van der Waals surface area contributed by atoms with E-state index in [1.54, 1.807) is 24.3 Å². The van der Waals surface area contributed by atoms with Gasteiger partial charge in [-0.05, 0) is 69.0 Å². The number of rotatable bonds is 5. The molecule has 3 rings (SSSR count). The number of hydrogen-bond donors (Lipinski definition) is 0. The van der Waals surface area contributed by atoms with Gasteiger partial charge in [0.05, 0.1) is 19.6 Å². The number of esters is 1. The van der Waals surface area contributed by atoms with Crippen molar-refractivity contribution in [2.24, 2.45) is 5.10 Å². The van der Waals surface area contributed by atoms with Crippen LogP contribution in [-0.4, -0.2) is 36.4 Å². The van der Waals surface area contributed by atoms with E-state index in [0.717, 1.165) is 18.4 Å². The summed E-state index contributed by atoms with van der Waals surface area (Å²) in [5.41, 5.74) is 0.879. The summed E-state index contributed by atoms with van der Waals surface area (Å²) in [5.74, 6) is 0.385. The number of nitrogens with zero attached hydrogens (tertiary/aromatic N) is 2. The number of carbonyl (C=O) groups is 1. The maximum atomic E-state index is 12.0. The average Bonchev–Trinajstić information content (AvgIpc) is 3.17. The molecular weight excluding hydrogens is 332 g/mol. The molecule has 0 bridgehead atoms. The molecule has 0 radical (unpaired) electrons. The monoisotopic (exact) mass is 356 g/mol. The lowest BCUT2D eigenvalue weighted by Crippen LogP contribution is -2.39. The number of ether oxygens (including phenoxy) is 2. The maximum absolute atomic E-state index is 12.0. The number of benzene rings is 1. The number of piperidine rings is 1. The SMILES string of the molecule is COc1cc(/C=N\N2[C@@H](C)CCC[C@@H]2C)ccc1OC(=O)c1ccco1. The molecule has 0 saturated carbocycles. The van der Waals surface area contributed by atoms with Gasteiger partial charge in [0, 0.05) is 12.1 Å². The molecular formula is C20H24N2O4. The van der Waals surface area contributed by atoms with Gasteiger partial charge in [-0.1, -0.05) is 0 Å². The molecule has 0 aliphatic carbocycles. The van der Waals surface area contributed by atoms with Gasteiger partial charge in [-0.3, -0.25) is 5.01 Å². The number of furan rings is 1. The smallest absolute Gasteiger partial charge is 0.379 e. The summed E-state index contributed by atoms with van der Waals surface area (Å²) in [4.78, 5) is 12.0. The standard InChI is InChI=1S/C20H24N2O4/c1-14-6-4-7-15(2)22(14)21-13-16-9-10-17(19(12-16)24-3)26-20(23)18-8-5-11-25-18/h5,8-15H,4,6-7H2,1-3H3/b21-13-/t14-,15-/m0/s1. The minimum absolute atomic E-state index is 0.144. The van der Waals surface area contributed by atoms with Crippen molar-refractivity contribution in [1.82, 2.24) is 5.01 Å². The maximum Gasteiger partial charge on any atom is 0.379 e. The van der Waals surface area contributed by atoms with Gasteiger partial charge in [0.1, 0.15) is 0 Å². The highest BCUT2D eigenvalue weighted by molar-refractivity contribution is 5.89. The van der Waals surface area contributed by atoms with Crippen molar-refractivity contribution in [1.29, 1.82) is 0 Å². The van der Waals surface area contributed by atoms with E-state index in [-0.39, 0.29) is 5.76 Å². The molecule has 6 nitrogen and oxygen atoms in total. The number of methoxy groups -OCH3 is 1. The van der Waals surface area contributed by atoms with Crippen LogP contribution in [0.5, 0.6) is 11.5 Å². The van der Waals surface area contributed by atoms with Crippen LogP contribution in [-0.2, 0) is 0 Å². The molecule has 0 amide bonds. The van der Waals surface area contributed by atoms with Gasteiger partial charge in [-0.25, -0.2) is 4.79 Å². The average molecular weight is 356 g/mol. The summed E-state index contributed by atoms with van der Waals surface area (Å²) >= 11 is 0. The van der Waals surface area contributed by atoms with Crippen LogP contribution in [0.25, 0.3) is 0 Å². The fourth-order valence-corrected chi connectivity index (χ4v) is 3.16. The predicted octanol–water partition coefficient (Wildman–Crippen LogP) is 4.10. The number of carbonyl (C=O) groups excluding carboxylic acids is 1. The van der Waals surface area contributed by atoms with E-state index in [4.69, 9.17) is 13.9 Å². The summed E-state index contributed by atoms with van der Waals surface area (Å²) in [7, 11) is 1.54. The number of hydrogen-bond acceptors (Lipinski definition) is 6. The van der Waals surface area contributed by atoms with Crippen molar-refractivity contribution < 1.29 is 18.7 Å². The van der Waals surface area contributed by atoms with Gasteiger partial charge in [-0.2, -0.15) is 5.10 Å². The summed E-state index contributed by atoms with van der Waals surface area (Å²) in [6.45, 7) is 4.40. The molecule has 0 unspecified atom stereocenters. The van der Waals surface area contributed by atoms with Gasteiger partial charge in [0.2, 0.25) is 5.76 Å². The van der Waals surface area contributed by atoms with Crippen molar-refractivity contribution in [2.45, 2.75) is 45.2 Å². The summed E-state index contributed by atoms with van der Waals surface area (Å²) < 4.78 is 15.8. The molecule has 1 aromatic carbocycles. The number of hydrazone groups is 1. The van der Waals surface area contributed by atoms with Crippen molar-refractivity contribution >= 4 is 12.2 Å². The zero-order valence-electron chi connectivity index (χ0n) is 15.3. The molecule has 1 aliphatic rings. The summed E-state index contributed by atoms with van der Waals surface area (Å²) in [6.07, 6.45) is 6.81. The lowest BCUT2D eigenvalue weighted by molar-refractivity contribution is 0.0696. The first-order valence-electron chi connectivity index (χ1n) is 8.84. The Kier molecular flexibility index (Phi) is 5.61. The summed E-state index contributed by atoms with van der Waals surface area (Å²) in [6, 6.07) is 9.40. The minimum Gasteiger partial charge on any atom is -0.493 e. The molecule has 2 atom stereocenters. The highest BCUT2D eigenvalue weighted by Gasteiger charge is 2.22. The van der Waals surface area contributed by atoms with Gasteiger partial charge >= 0.3 is 5.97 Å². The molecule has 0 N–H and O–H groups in total. The van der Waals surface area contributed by atoms with E-state index in [0.29, 0.717) is 23.6 Å². The molecule has 2 aromatic rings. The van der Waals surface area contributed by atoms with Gasteiger partial charge in [-0.15, -0.1) is 0 Å². The van der Waals surface area contributed by atoms with Crippen LogP contribution >= 0.6 is 0 Å². The third-order valence-corrected chi connectivity index (χ3v) is 4.60. The Morgan fingerprint density at radius 3 is 2.65 bits per heavy atom. The Morgan fingerprint density at radius 2 is 2.00 bits per heavy atom. The second kappa shape index (κ2) is 8.08. The molecule has 26 heavy (non-hydrogen) atoms. The highest BCUT2D eigenvalue weighted by atomic mass is 16.6. The van der Waals surface area contributed by atoms with Crippen molar-refractivity contribution in [3.63, 3.8) is 0 Å². The van der Waals surface area contributed by atoms with Crippen LogP contribution in [0.1, 0.15) is 49.2 Å². The first-order chi connectivity index (χ1) is 12.6. The third-order valence-electron chi connectivity index (χ3n) is 4.60. The van der Waals surface area contributed by atoms with Crippen LogP contribution < -0.4 is 9.47 Å². The largest absolute Gasteiger partial charge is 0.493 e. The van der Waals surface area contributed by atoms with Crippen molar-refractivity contribution in [3.8, 4) is 11.5 Å². The van der Waals surface area contributed by atoms with Crippen molar-refractivity contribution in [2.75, 3.05) is 7.11 Å². The fraction of sp³-hybridized carbons (Fsp3) is 0.400. The molecule has 1 aromatic heterocycles. The molecule has 1 saturated heterocycles. The van der Waals surface area contributed by atoms with E-state index < -0.39 is 5.97 Å². The zero-order chi connectivity index (χ0) is 18.5. The summed E-state index contributed by atoms with van der Waals surface area (Å²) in [5, 5.41) is 6.81. The molecule has 138 valence electrons.